The van der Waals surface area contributed by atoms with Gasteiger partial charge in [-0.05, 0) is 6.42 Å². The van der Waals surface area contributed by atoms with E-state index in [-0.39, 0.29) is 0 Å². The number of hydrogen-bond acceptors (Lipinski definition) is 2. The van der Waals surface area contributed by atoms with E-state index >= 15 is 0 Å². The van der Waals surface area contributed by atoms with Crippen molar-refractivity contribution in [2.24, 2.45) is 0 Å². The second-order valence-corrected chi connectivity index (χ2v) is 3.47. The summed E-state index contributed by atoms with van der Waals surface area (Å²) in [4.78, 5) is 10.3. The van der Waals surface area contributed by atoms with Gasteiger partial charge in [-0.15, -0.1) is 6.58 Å². The third-order valence-electron chi connectivity index (χ3n) is 2.17. The van der Waals surface area contributed by atoms with Gasteiger partial charge in [0.25, 0.3) is 0 Å². The maximum Gasteiger partial charge on any atom is 0.152 e. The van der Waals surface area contributed by atoms with Crippen LogP contribution in [0.3, 0.4) is 0 Å². The van der Waals surface area contributed by atoms with Crippen LogP contribution in [-0.2, 0) is 9.53 Å². The van der Waals surface area contributed by atoms with Gasteiger partial charge in [0.2, 0.25) is 0 Å². The van der Waals surface area contributed by atoms with Crippen LogP contribution >= 0.6 is 0 Å². The van der Waals surface area contributed by atoms with Gasteiger partial charge in [-0.3, -0.25) is 0 Å². The fraction of sp³-hybridized carbons (Fsp3) is 0.750. The third kappa shape index (κ3) is 7.99. The summed E-state index contributed by atoms with van der Waals surface area (Å²) in [6, 6.07) is 0. The fourth-order valence-electron chi connectivity index (χ4n) is 1.26. The Kier molecular flexibility index (Phi) is 9.98. The van der Waals surface area contributed by atoms with Crippen molar-refractivity contribution >= 4 is 6.29 Å². The number of aldehydes is 1. The molecule has 0 aliphatic carbocycles. The molecule has 0 rings (SSSR count). The normalized spacial score (nSPS) is 12.4. The molecule has 0 aromatic heterocycles. The van der Waals surface area contributed by atoms with E-state index in [0.29, 0.717) is 6.61 Å². The lowest BCUT2D eigenvalue weighted by molar-refractivity contribution is -0.115. The van der Waals surface area contributed by atoms with Crippen LogP contribution in [0.2, 0.25) is 0 Å². The molecule has 14 heavy (non-hydrogen) atoms. The Bertz CT molecular complexity index is 135. The molecule has 0 aliphatic rings. The Balaban J connectivity index is 3.12. The molecule has 82 valence electrons. The first kappa shape index (κ1) is 13.4. The summed E-state index contributed by atoms with van der Waals surface area (Å²) in [6.45, 7) is 6.39. The van der Waals surface area contributed by atoms with Crippen molar-refractivity contribution in [3.05, 3.63) is 12.7 Å². The maximum atomic E-state index is 10.3. The van der Waals surface area contributed by atoms with E-state index in [9.17, 15) is 4.79 Å². The Morgan fingerprint density at radius 3 is 2.43 bits per heavy atom. The van der Waals surface area contributed by atoms with Gasteiger partial charge in [-0.2, -0.15) is 0 Å². The molecular weight excluding hydrogens is 176 g/mol. The first-order valence-electron chi connectivity index (χ1n) is 5.54. The molecule has 0 saturated heterocycles. The quantitative estimate of drug-likeness (QED) is 0.306. The Hall–Kier alpha value is -0.630. The maximum absolute atomic E-state index is 10.3. The van der Waals surface area contributed by atoms with Crippen molar-refractivity contribution in [1.82, 2.24) is 0 Å². The van der Waals surface area contributed by atoms with Gasteiger partial charge in [0.05, 0.1) is 0 Å². The molecule has 2 nitrogen and oxygen atoms in total. The Labute approximate surface area is 87.3 Å². The lowest BCUT2D eigenvalue weighted by atomic mass is 10.1. The molecule has 0 aliphatic heterocycles. The van der Waals surface area contributed by atoms with Crippen LogP contribution in [0.4, 0.5) is 0 Å². The van der Waals surface area contributed by atoms with Gasteiger partial charge in [0, 0.05) is 6.61 Å². The zero-order valence-corrected chi connectivity index (χ0v) is 9.21. The number of carbonyl (C=O) groups is 1. The van der Waals surface area contributed by atoms with Crippen molar-refractivity contribution in [2.75, 3.05) is 6.61 Å². The molecule has 2 heteroatoms. The minimum Gasteiger partial charge on any atom is -0.367 e. The highest BCUT2D eigenvalue weighted by Crippen LogP contribution is 2.05. The van der Waals surface area contributed by atoms with Gasteiger partial charge < -0.3 is 9.53 Å². The van der Waals surface area contributed by atoms with Crippen molar-refractivity contribution < 1.29 is 9.53 Å². The molecule has 0 radical (unpaired) electrons. The largest absolute Gasteiger partial charge is 0.367 e. The second-order valence-electron chi connectivity index (χ2n) is 3.47. The van der Waals surface area contributed by atoms with Crippen LogP contribution in [0.25, 0.3) is 0 Å². The summed E-state index contributed by atoms with van der Waals surface area (Å²) in [7, 11) is 0. The minimum absolute atomic E-state index is 0.411. The van der Waals surface area contributed by atoms with Crippen molar-refractivity contribution in [3.63, 3.8) is 0 Å². The predicted octanol–water partition coefficient (Wildman–Crippen LogP) is 3.12. The van der Waals surface area contributed by atoms with Crippen molar-refractivity contribution in [3.8, 4) is 0 Å². The lowest BCUT2D eigenvalue weighted by Crippen LogP contribution is -2.11. The van der Waals surface area contributed by atoms with E-state index in [1.807, 2.05) is 0 Å². The summed E-state index contributed by atoms with van der Waals surface area (Å²) in [5.41, 5.74) is 0. The lowest BCUT2D eigenvalue weighted by Gasteiger charge is -2.06. The molecule has 0 aromatic rings. The van der Waals surface area contributed by atoms with Gasteiger partial charge in [0.15, 0.2) is 6.29 Å². The van der Waals surface area contributed by atoms with Gasteiger partial charge >= 0.3 is 0 Å². The standard InChI is InChI=1S/C12H22O2/c1-3-5-6-7-8-9-10-14-12(4-2)11-13/h4,11-12H,2-3,5-10H2,1H3. The smallest absolute Gasteiger partial charge is 0.152 e. The molecule has 0 N–H and O–H groups in total. The molecule has 0 bridgehead atoms. The molecular formula is C12H22O2. The van der Waals surface area contributed by atoms with Crippen molar-refractivity contribution in [2.45, 2.75) is 51.6 Å². The molecule has 0 saturated carbocycles. The summed E-state index contributed by atoms with van der Waals surface area (Å²) in [5.74, 6) is 0. The monoisotopic (exact) mass is 198 g/mol. The zero-order chi connectivity index (χ0) is 10.6. The van der Waals surface area contributed by atoms with Crippen LogP contribution in [0, 0.1) is 0 Å². The van der Waals surface area contributed by atoms with Crippen LogP contribution in [-0.4, -0.2) is 19.0 Å². The molecule has 0 amide bonds. The average molecular weight is 198 g/mol. The third-order valence-corrected chi connectivity index (χ3v) is 2.17. The summed E-state index contributed by atoms with van der Waals surface area (Å²) in [5, 5.41) is 0. The number of ether oxygens (including phenoxy) is 1. The van der Waals surface area contributed by atoms with Crippen LogP contribution in [0.15, 0.2) is 12.7 Å². The van der Waals surface area contributed by atoms with Gasteiger partial charge in [0.1, 0.15) is 6.10 Å². The highest BCUT2D eigenvalue weighted by Gasteiger charge is 1.99. The Morgan fingerprint density at radius 1 is 1.21 bits per heavy atom. The first-order chi connectivity index (χ1) is 6.85. The number of carbonyl (C=O) groups excluding carboxylic acids is 1. The number of rotatable bonds is 10. The number of hydrogen-bond donors (Lipinski definition) is 0. The molecule has 0 spiro atoms. The molecule has 0 fully saturated rings. The summed E-state index contributed by atoms with van der Waals surface area (Å²) < 4.78 is 5.26. The highest BCUT2D eigenvalue weighted by atomic mass is 16.5. The predicted molar refractivity (Wildman–Crippen MR) is 59.4 cm³/mol. The van der Waals surface area contributed by atoms with Crippen LogP contribution in [0.1, 0.15) is 45.4 Å². The van der Waals surface area contributed by atoms with Crippen LogP contribution in [0.5, 0.6) is 0 Å². The Morgan fingerprint density at radius 2 is 1.86 bits per heavy atom. The molecule has 0 aromatic carbocycles. The van der Waals surface area contributed by atoms with E-state index in [1.54, 1.807) is 0 Å². The van der Waals surface area contributed by atoms with Gasteiger partial charge in [-0.1, -0.05) is 45.1 Å². The second kappa shape index (κ2) is 10.5. The topological polar surface area (TPSA) is 26.3 Å². The van der Waals surface area contributed by atoms with E-state index in [4.69, 9.17) is 4.74 Å². The first-order valence-corrected chi connectivity index (χ1v) is 5.54. The SMILES string of the molecule is C=CC(C=O)OCCCCCCCC. The fourth-order valence-corrected chi connectivity index (χ4v) is 1.26. The van der Waals surface area contributed by atoms with Crippen molar-refractivity contribution in [1.29, 1.82) is 0 Å². The van der Waals surface area contributed by atoms with E-state index in [1.165, 1.54) is 38.2 Å². The average Bonchev–Trinajstić information content (AvgIpc) is 2.22. The van der Waals surface area contributed by atoms with Crippen LogP contribution < -0.4 is 0 Å². The summed E-state index contributed by atoms with van der Waals surface area (Å²) in [6.07, 6.45) is 9.33. The minimum atomic E-state index is -0.411. The summed E-state index contributed by atoms with van der Waals surface area (Å²) >= 11 is 0. The highest BCUT2D eigenvalue weighted by molar-refractivity contribution is 5.58. The van der Waals surface area contributed by atoms with E-state index in [0.717, 1.165) is 12.7 Å². The molecule has 1 atom stereocenters. The van der Waals surface area contributed by atoms with Gasteiger partial charge in [-0.25, -0.2) is 0 Å². The van der Waals surface area contributed by atoms with E-state index < -0.39 is 6.10 Å². The zero-order valence-electron chi connectivity index (χ0n) is 9.21. The molecule has 1 unspecified atom stereocenters. The molecule has 0 heterocycles. The van der Waals surface area contributed by atoms with E-state index in [2.05, 4.69) is 13.5 Å². The number of unbranched alkanes of at least 4 members (excludes halogenated alkanes) is 5.